The molecular weight excluding hydrogens is 358 g/mol. The Kier molecular flexibility index (Phi) is 6.44. The first-order valence-corrected chi connectivity index (χ1v) is 9.31. The van der Waals surface area contributed by atoms with Crippen LogP contribution in [0.25, 0.3) is 0 Å². The van der Waals surface area contributed by atoms with Gasteiger partial charge in [-0.1, -0.05) is 60.1 Å². The molecule has 0 saturated carbocycles. The predicted octanol–water partition coefficient (Wildman–Crippen LogP) is 4.69. The highest BCUT2D eigenvalue weighted by Gasteiger charge is 2.10. The Balaban J connectivity index is 1.63. The van der Waals surface area contributed by atoms with E-state index in [4.69, 9.17) is 11.6 Å². The molecule has 0 aliphatic carbocycles. The van der Waals surface area contributed by atoms with Crippen molar-refractivity contribution >= 4 is 23.3 Å². The van der Waals surface area contributed by atoms with Crippen LogP contribution in [0.2, 0.25) is 5.02 Å². The number of nitrogens with one attached hydrogen (secondary N) is 1. The third-order valence-electron chi connectivity index (χ3n) is 4.33. The summed E-state index contributed by atoms with van der Waals surface area (Å²) in [5, 5.41) is 3.53. The smallest absolute Gasteiger partial charge is 0.253 e. The minimum atomic E-state index is -0.167. The first kappa shape index (κ1) is 18.9. The van der Waals surface area contributed by atoms with Gasteiger partial charge in [-0.2, -0.15) is 0 Å². The highest BCUT2D eigenvalue weighted by molar-refractivity contribution is 6.31. The second-order valence-electron chi connectivity index (χ2n) is 6.18. The number of benzene rings is 2. The topological polar surface area (TPSA) is 45.2 Å². The molecular formula is C22H22ClN3O. The van der Waals surface area contributed by atoms with E-state index in [0.29, 0.717) is 17.1 Å². The van der Waals surface area contributed by atoms with Gasteiger partial charge in [-0.15, -0.1) is 0 Å². The van der Waals surface area contributed by atoms with Crippen molar-refractivity contribution in [3.8, 4) is 0 Å². The van der Waals surface area contributed by atoms with Gasteiger partial charge in [-0.25, -0.2) is 4.98 Å². The van der Waals surface area contributed by atoms with Crippen LogP contribution in [0.5, 0.6) is 0 Å². The van der Waals surface area contributed by atoms with Crippen molar-refractivity contribution in [2.24, 2.45) is 0 Å². The molecule has 1 N–H and O–H groups in total. The zero-order valence-corrected chi connectivity index (χ0v) is 16.0. The second-order valence-corrected chi connectivity index (χ2v) is 6.59. The van der Waals surface area contributed by atoms with Crippen molar-refractivity contribution in [1.82, 2.24) is 10.3 Å². The first-order chi connectivity index (χ1) is 13.2. The third kappa shape index (κ3) is 5.08. The highest BCUT2D eigenvalue weighted by Crippen LogP contribution is 2.16. The third-order valence-corrected chi connectivity index (χ3v) is 4.70. The number of anilines is 1. The number of hydrogen-bond acceptors (Lipinski definition) is 3. The van der Waals surface area contributed by atoms with Crippen molar-refractivity contribution in [1.29, 1.82) is 0 Å². The van der Waals surface area contributed by atoms with Crippen LogP contribution in [-0.4, -0.2) is 17.4 Å². The largest absolute Gasteiger partial charge is 0.353 e. The molecule has 0 fully saturated rings. The summed E-state index contributed by atoms with van der Waals surface area (Å²) in [6, 6.07) is 21.4. The van der Waals surface area contributed by atoms with Crippen molar-refractivity contribution in [3.05, 3.63) is 94.6 Å². The molecule has 27 heavy (non-hydrogen) atoms. The van der Waals surface area contributed by atoms with Crippen LogP contribution in [0.1, 0.15) is 28.4 Å². The van der Waals surface area contributed by atoms with Gasteiger partial charge >= 0.3 is 0 Å². The fourth-order valence-corrected chi connectivity index (χ4v) is 2.99. The van der Waals surface area contributed by atoms with E-state index >= 15 is 0 Å². The van der Waals surface area contributed by atoms with E-state index in [0.717, 1.165) is 24.5 Å². The van der Waals surface area contributed by atoms with Gasteiger partial charge in [0.2, 0.25) is 0 Å². The number of halogens is 1. The average Bonchev–Trinajstić information content (AvgIpc) is 2.72. The minimum Gasteiger partial charge on any atom is -0.353 e. The minimum absolute atomic E-state index is 0.167. The van der Waals surface area contributed by atoms with E-state index in [1.165, 1.54) is 5.56 Å². The number of carbonyl (C=O) groups is 1. The van der Waals surface area contributed by atoms with Gasteiger partial charge in [0.05, 0.1) is 5.56 Å². The van der Waals surface area contributed by atoms with E-state index in [1.807, 2.05) is 48.5 Å². The van der Waals surface area contributed by atoms with E-state index in [9.17, 15) is 4.79 Å². The van der Waals surface area contributed by atoms with Crippen LogP contribution in [0.4, 0.5) is 5.82 Å². The van der Waals surface area contributed by atoms with Crippen LogP contribution in [0.15, 0.2) is 72.9 Å². The summed E-state index contributed by atoms with van der Waals surface area (Å²) in [5.74, 6) is 0.684. The van der Waals surface area contributed by atoms with E-state index in [2.05, 4.69) is 34.3 Å². The van der Waals surface area contributed by atoms with Crippen LogP contribution in [0, 0.1) is 0 Å². The van der Waals surface area contributed by atoms with Crippen molar-refractivity contribution in [3.63, 3.8) is 0 Å². The fourth-order valence-electron chi connectivity index (χ4n) is 2.79. The summed E-state index contributed by atoms with van der Waals surface area (Å²) < 4.78 is 0. The van der Waals surface area contributed by atoms with Crippen molar-refractivity contribution in [2.45, 2.75) is 20.0 Å². The molecule has 5 heteroatoms. The lowest BCUT2D eigenvalue weighted by Gasteiger charge is -2.22. The number of rotatable bonds is 7. The number of hydrogen-bond donors (Lipinski definition) is 1. The van der Waals surface area contributed by atoms with Gasteiger partial charge in [-0.05, 0) is 36.2 Å². The molecule has 138 valence electrons. The summed E-state index contributed by atoms with van der Waals surface area (Å²) in [6.45, 7) is 4.09. The van der Waals surface area contributed by atoms with Crippen LogP contribution >= 0.6 is 11.6 Å². The molecule has 0 bridgehead atoms. The molecule has 0 spiro atoms. The van der Waals surface area contributed by atoms with Gasteiger partial charge in [-0.3, -0.25) is 4.79 Å². The Morgan fingerprint density at radius 1 is 1.04 bits per heavy atom. The summed E-state index contributed by atoms with van der Waals surface area (Å²) in [4.78, 5) is 19.0. The Labute approximate surface area is 164 Å². The molecule has 0 aliphatic rings. The standard InChI is InChI=1S/C22H22ClN3O/c1-2-26(16-17-8-4-3-5-9-17)21-13-12-19(15-24-21)22(27)25-14-18-10-6-7-11-20(18)23/h3-13,15H,2,14,16H2,1H3,(H,25,27). The molecule has 1 heterocycles. The van der Waals surface area contributed by atoms with Crippen molar-refractivity contribution < 1.29 is 4.79 Å². The lowest BCUT2D eigenvalue weighted by atomic mass is 10.2. The zero-order chi connectivity index (χ0) is 19.1. The first-order valence-electron chi connectivity index (χ1n) is 8.94. The Hall–Kier alpha value is -2.85. The Morgan fingerprint density at radius 2 is 1.78 bits per heavy atom. The average molecular weight is 380 g/mol. The summed E-state index contributed by atoms with van der Waals surface area (Å²) >= 11 is 6.12. The molecule has 4 nitrogen and oxygen atoms in total. The van der Waals surface area contributed by atoms with Gasteiger partial charge in [0.15, 0.2) is 0 Å². The van der Waals surface area contributed by atoms with Gasteiger partial charge in [0, 0.05) is 30.9 Å². The number of carbonyl (C=O) groups excluding carboxylic acids is 1. The highest BCUT2D eigenvalue weighted by atomic mass is 35.5. The maximum atomic E-state index is 12.4. The Morgan fingerprint density at radius 3 is 2.44 bits per heavy atom. The van der Waals surface area contributed by atoms with E-state index < -0.39 is 0 Å². The number of nitrogens with zero attached hydrogens (tertiary/aromatic N) is 2. The molecule has 0 atom stereocenters. The number of amides is 1. The van der Waals surface area contributed by atoms with Gasteiger partial charge in [0.25, 0.3) is 5.91 Å². The lowest BCUT2D eigenvalue weighted by molar-refractivity contribution is 0.0950. The van der Waals surface area contributed by atoms with Crippen LogP contribution in [-0.2, 0) is 13.1 Å². The van der Waals surface area contributed by atoms with Gasteiger partial charge in [0.1, 0.15) is 5.82 Å². The van der Waals surface area contributed by atoms with E-state index in [-0.39, 0.29) is 5.91 Å². The van der Waals surface area contributed by atoms with E-state index in [1.54, 1.807) is 12.3 Å². The number of aromatic nitrogens is 1. The van der Waals surface area contributed by atoms with Crippen LogP contribution < -0.4 is 10.2 Å². The maximum absolute atomic E-state index is 12.4. The fraction of sp³-hybridized carbons (Fsp3) is 0.182. The molecule has 3 aromatic rings. The predicted molar refractivity (Wildman–Crippen MR) is 110 cm³/mol. The molecule has 0 unspecified atom stereocenters. The summed E-state index contributed by atoms with van der Waals surface area (Å²) in [6.07, 6.45) is 1.62. The maximum Gasteiger partial charge on any atom is 0.253 e. The van der Waals surface area contributed by atoms with Crippen molar-refractivity contribution in [2.75, 3.05) is 11.4 Å². The summed E-state index contributed by atoms with van der Waals surface area (Å²) in [5.41, 5.74) is 2.64. The molecule has 3 rings (SSSR count). The van der Waals surface area contributed by atoms with Gasteiger partial charge < -0.3 is 10.2 Å². The quantitative estimate of drug-likeness (QED) is 0.647. The molecule has 1 amide bonds. The van der Waals surface area contributed by atoms with Crippen LogP contribution in [0.3, 0.4) is 0 Å². The zero-order valence-electron chi connectivity index (χ0n) is 15.2. The SMILES string of the molecule is CCN(Cc1ccccc1)c1ccc(C(=O)NCc2ccccc2Cl)cn1. The molecule has 2 aromatic carbocycles. The molecule has 0 aliphatic heterocycles. The molecule has 0 saturated heterocycles. The second kappa shape index (κ2) is 9.19. The monoisotopic (exact) mass is 379 g/mol. The number of pyridine rings is 1. The Bertz CT molecular complexity index is 882. The molecule has 0 radical (unpaired) electrons. The molecule has 1 aromatic heterocycles. The lowest BCUT2D eigenvalue weighted by Crippen LogP contribution is -2.25. The normalized spacial score (nSPS) is 10.4. The summed E-state index contributed by atoms with van der Waals surface area (Å²) in [7, 11) is 0.